The van der Waals surface area contributed by atoms with Gasteiger partial charge in [0.1, 0.15) is 5.82 Å². The number of hydrogen-bond donors (Lipinski definition) is 1. The van der Waals surface area contributed by atoms with Gasteiger partial charge >= 0.3 is 5.69 Å². The van der Waals surface area contributed by atoms with Crippen molar-refractivity contribution in [3.05, 3.63) is 99.2 Å². The van der Waals surface area contributed by atoms with Gasteiger partial charge in [-0.25, -0.2) is 14.2 Å². The molecule has 0 fully saturated rings. The molecule has 0 spiro atoms. The fourth-order valence-corrected chi connectivity index (χ4v) is 2.87. The molecule has 4 aromatic rings. The molecule has 0 unspecified atom stereocenters. The van der Waals surface area contributed by atoms with E-state index in [4.69, 9.17) is 11.6 Å². The lowest BCUT2D eigenvalue weighted by atomic mass is 10.2. The molecule has 0 atom stereocenters. The number of pyridine rings is 1. The van der Waals surface area contributed by atoms with Crippen molar-refractivity contribution in [2.24, 2.45) is 0 Å². The first kappa shape index (κ1) is 18.6. The number of aromatic amines is 1. The minimum absolute atomic E-state index is 0.0282. The van der Waals surface area contributed by atoms with Gasteiger partial charge in [-0.3, -0.25) is 4.98 Å². The quantitative estimate of drug-likeness (QED) is 0.403. The zero-order valence-corrected chi connectivity index (χ0v) is 15.4. The second-order valence-corrected chi connectivity index (χ2v) is 6.36. The first-order valence-electron chi connectivity index (χ1n) is 8.39. The standard InChI is InChI=1S/C21H11ClF2N4O/c22-16-2-1-3-17(23)19(16)20-26-21(29)28(27-20)15-9-6-13(7-10-15)4-5-14-8-11-18(24)25-12-14/h1-3,6-12H,(H,26,27,29). The van der Waals surface area contributed by atoms with Crippen molar-refractivity contribution in [1.82, 2.24) is 19.7 Å². The van der Waals surface area contributed by atoms with Crippen LogP contribution in [0.3, 0.4) is 0 Å². The molecular weight excluding hydrogens is 398 g/mol. The first-order chi connectivity index (χ1) is 14.0. The van der Waals surface area contributed by atoms with Gasteiger partial charge in [0.15, 0.2) is 5.82 Å². The van der Waals surface area contributed by atoms with Crippen molar-refractivity contribution < 1.29 is 8.78 Å². The van der Waals surface area contributed by atoms with Crippen molar-refractivity contribution >= 4 is 11.6 Å². The van der Waals surface area contributed by atoms with Crippen LogP contribution < -0.4 is 5.69 Å². The molecule has 1 N–H and O–H groups in total. The van der Waals surface area contributed by atoms with Crippen molar-refractivity contribution in [2.45, 2.75) is 0 Å². The van der Waals surface area contributed by atoms with E-state index in [1.807, 2.05) is 0 Å². The Morgan fingerprint density at radius 2 is 1.69 bits per heavy atom. The maximum Gasteiger partial charge on any atom is 0.348 e. The molecule has 8 heteroatoms. The smallest absolute Gasteiger partial charge is 0.288 e. The predicted molar refractivity (Wildman–Crippen MR) is 105 cm³/mol. The van der Waals surface area contributed by atoms with Crippen molar-refractivity contribution in [3.8, 4) is 28.9 Å². The number of benzene rings is 2. The third-order valence-electron chi connectivity index (χ3n) is 4.01. The summed E-state index contributed by atoms with van der Waals surface area (Å²) in [4.78, 5) is 18.3. The van der Waals surface area contributed by atoms with E-state index in [1.165, 1.54) is 36.5 Å². The minimum Gasteiger partial charge on any atom is -0.288 e. The highest BCUT2D eigenvalue weighted by atomic mass is 35.5. The van der Waals surface area contributed by atoms with Crippen LogP contribution in [0.15, 0.2) is 65.6 Å². The molecular formula is C21H11ClF2N4O. The summed E-state index contributed by atoms with van der Waals surface area (Å²) in [6.07, 6.45) is 1.34. The van der Waals surface area contributed by atoms with Crippen LogP contribution in [0.5, 0.6) is 0 Å². The van der Waals surface area contributed by atoms with Crippen molar-refractivity contribution in [2.75, 3.05) is 0 Å². The second-order valence-electron chi connectivity index (χ2n) is 5.95. The Labute approximate surface area is 168 Å². The van der Waals surface area contributed by atoms with E-state index >= 15 is 0 Å². The molecule has 5 nitrogen and oxygen atoms in total. The molecule has 2 aromatic carbocycles. The third-order valence-corrected chi connectivity index (χ3v) is 4.32. The summed E-state index contributed by atoms with van der Waals surface area (Å²) < 4.78 is 28.0. The molecule has 0 aliphatic rings. The summed E-state index contributed by atoms with van der Waals surface area (Å²) >= 11 is 6.03. The molecule has 0 saturated carbocycles. The highest BCUT2D eigenvalue weighted by Crippen LogP contribution is 2.27. The number of aromatic nitrogens is 4. The Bertz CT molecular complexity index is 1280. The van der Waals surface area contributed by atoms with Crippen LogP contribution in [-0.4, -0.2) is 19.7 Å². The average Bonchev–Trinajstić information content (AvgIpc) is 3.09. The minimum atomic E-state index is -0.584. The van der Waals surface area contributed by atoms with Crippen LogP contribution in [0.2, 0.25) is 5.02 Å². The zero-order chi connectivity index (χ0) is 20.4. The Morgan fingerprint density at radius 3 is 2.38 bits per heavy atom. The Kier molecular flexibility index (Phi) is 4.94. The van der Waals surface area contributed by atoms with Gasteiger partial charge in [-0.1, -0.05) is 29.5 Å². The maximum atomic E-state index is 14.1. The second kappa shape index (κ2) is 7.70. The molecule has 0 bridgehead atoms. The Balaban J connectivity index is 1.63. The Morgan fingerprint density at radius 1 is 0.966 bits per heavy atom. The molecule has 4 rings (SSSR count). The summed E-state index contributed by atoms with van der Waals surface area (Å²) in [6, 6.07) is 13.7. The van der Waals surface area contributed by atoms with Crippen LogP contribution in [-0.2, 0) is 0 Å². The number of H-pyrrole nitrogens is 1. The van der Waals surface area contributed by atoms with Crippen LogP contribution in [0.25, 0.3) is 17.1 Å². The molecule has 29 heavy (non-hydrogen) atoms. The van der Waals surface area contributed by atoms with Crippen LogP contribution in [0.1, 0.15) is 11.1 Å². The van der Waals surface area contributed by atoms with Gasteiger partial charge in [-0.15, -0.1) is 5.10 Å². The largest absolute Gasteiger partial charge is 0.348 e. The maximum absolute atomic E-state index is 14.1. The highest BCUT2D eigenvalue weighted by molar-refractivity contribution is 6.33. The molecule has 142 valence electrons. The van der Waals surface area contributed by atoms with Crippen LogP contribution in [0.4, 0.5) is 8.78 Å². The van der Waals surface area contributed by atoms with Crippen LogP contribution >= 0.6 is 11.6 Å². The van der Waals surface area contributed by atoms with Gasteiger partial charge in [0.2, 0.25) is 5.95 Å². The van der Waals surface area contributed by atoms with E-state index in [2.05, 4.69) is 26.9 Å². The highest BCUT2D eigenvalue weighted by Gasteiger charge is 2.15. The molecule has 0 saturated heterocycles. The lowest BCUT2D eigenvalue weighted by Crippen LogP contribution is -2.15. The molecule has 2 aromatic heterocycles. The van der Waals surface area contributed by atoms with Crippen molar-refractivity contribution in [3.63, 3.8) is 0 Å². The predicted octanol–water partition coefficient (Wildman–Crippen LogP) is 3.95. The fraction of sp³-hybridized carbons (Fsp3) is 0. The summed E-state index contributed by atoms with van der Waals surface area (Å²) in [5.74, 6) is 4.68. The lowest BCUT2D eigenvalue weighted by molar-refractivity contribution is 0.583. The molecule has 0 aliphatic carbocycles. The number of hydrogen-bond acceptors (Lipinski definition) is 3. The lowest BCUT2D eigenvalue weighted by Gasteiger charge is -2.02. The van der Waals surface area contributed by atoms with Crippen molar-refractivity contribution in [1.29, 1.82) is 0 Å². The zero-order valence-electron chi connectivity index (χ0n) is 14.7. The SMILES string of the molecule is O=c1[nH]c(-c2c(F)cccc2Cl)nn1-c1ccc(C#Cc2ccc(F)nc2)cc1. The van der Waals surface area contributed by atoms with Gasteiger partial charge in [0.25, 0.3) is 0 Å². The van der Waals surface area contributed by atoms with Gasteiger partial charge in [0, 0.05) is 17.3 Å². The van der Waals surface area contributed by atoms with E-state index in [0.717, 1.165) is 4.68 Å². The summed E-state index contributed by atoms with van der Waals surface area (Å²) in [5.41, 5.74) is 1.22. The molecule has 0 amide bonds. The van der Waals surface area contributed by atoms with Gasteiger partial charge in [0.05, 0.1) is 16.3 Å². The van der Waals surface area contributed by atoms with Gasteiger partial charge < -0.3 is 0 Å². The number of halogens is 3. The average molecular weight is 409 g/mol. The van der Waals surface area contributed by atoms with E-state index in [0.29, 0.717) is 16.8 Å². The monoisotopic (exact) mass is 408 g/mol. The normalized spacial score (nSPS) is 10.4. The summed E-state index contributed by atoms with van der Waals surface area (Å²) in [6.45, 7) is 0. The third kappa shape index (κ3) is 3.93. The topological polar surface area (TPSA) is 63.6 Å². The molecule has 2 heterocycles. The number of rotatable bonds is 2. The van der Waals surface area contributed by atoms with E-state index in [-0.39, 0.29) is 16.4 Å². The molecule has 0 aliphatic heterocycles. The first-order valence-corrected chi connectivity index (χ1v) is 8.77. The molecule has 0 radical (unpaired) electrons. The van der Waals surface area contributed by atoms with E-state index in [1.54, 1.807) is 24.3 Å². The van der Waals surface area contributed by atoms with E-state index < -0.39 is 17.5 Å². The van der Waals surface area contributed by atoms with Crippen LogP contribution in [0, 0.1) is 23.6 Å². The summed E-state index contributed by atoms with van der Waals surface area (Å²) in [5, 5.41) is 4.29. The Hall–Kier alpha value is -3.76. The summed E-state index contributed by atoms with van der Waals surface area (Å²) in [7, 11) is 0. The van der Waals surface area contributed by atoms with Gasteiger partial charge in [-0.05, 0) is 48.5 Å². The van der Waals surface area contributed by atoms with Gasteiger partial charge in [-0.2, -0.15) is 9.07 Å². The number of nitrogens with one attached hydrogen (secondary N) is 1. The van der Waals surface area contributed by atoms with E-state index in [9.17, 15) is 13.6 Å². The fourth-order valence-electron chi connectivity index (χ4n) is 2.62. The number of nitrogens with zero attached hydrogens (tertiary/aromatic N) is 3.